The van der Waals surface area contributed by atoms with Crippen LogP contribution in [0, 0.1) is 0 Å². The van der Waals surface area contributed by atoms with Crippen LogP contribution < -0.4 is 0 Å². The molecule has 0 bridgehead atoms. The van der Waals surface area contributed by atoms with Gasteiger partial charge in [-0.15, -0.1) is 0 Å². The van der Waals surface area contributed by atoms with Crippen LogP contribution in [-0.2, 0) is 4.84 Å². The quantitative estimate of drug-likeness (QED) is 0.611. The molecular formula is C8H19NO2. The van der Waals surface area contributed by atoms with Crippen LogP contribution >= 0.6 is 0 Å². The van der Waals surface area contributed by atoms with Gasteiger partial charge < -0.3 is 5.11 Å². The van der Waals surface area contributed by atoms with Crippen molar-refractivity contribution in [2.75, 3.05) is 19.7 Å². The van der Waals surface area contributed by atoms with Crippen LogP contribution in [-0.4, -0.2) is 35.5 Å². The zero-order chi connectivity index (χ0) is 8.91. The van der Waals surface area contributed by atoms with Crippen molar-refractivity contribution in [3.8, 4) is 0 Å². The molecule has 0 amide bonds. The molecule has 0 unspecified atom stereocenters. The van der Waals surface area contributed by atoms with E-state index in [1.165, 1.54) is 0 Å². The van der Waals surface area contributed by atoms with Gasteiger partial charge in [0.25, 0.3) is 0 Å². The Morgan fingerprint density at radius 1 is 1.27 bits per heavy atom. The summed E-state index contributed by atoms with van der Waals surface area (Å²) in [6.45, 7) is 9.57. The summed E-state index contributed by atoms with van der Waals surface area (Å²) < 4.78 is 0. The van der Waals surface area contributed by atoms with Crippen molar-refractivity contribution in [3.05, 3.63) is 0 Å². The van der Waals surface area contributed by atoms with E-state index in [1.807, 2.05) is 18.9 Å². The predicted molar refractivity (Wildman–Crippen MR) is 45.2 cm³/mol. The van der Waals surface area contributed by atoms with E-state index in [9.17, 15) is 5.11 Å². The van der Waals surface area contributed by atoms with E-state index in [0.717, 1.165) is 13.1 Å². The summed E-state index contributed by atoms with van der Waals surface area (Å²) in [6.07, 6.45) is 0. The highest BCUT2D eigenvalue weighted by Gasteiger charge is 2.14. The molecule has 1 N–H and O–H groups in total. The van der Waals surface area contributed by atoms with Crippen molar-refractivity contribution < 1.29 is 9.94 Å². The molecule has 0 aliphatic carbocycles. The standard InChI is InChI=1S/C8H19NO2/c1-5-9(6-2)11-7-8(3,4)10/h10H,5-7H2,1-4H3. The molecule has 0 aromatic heterocycles. The minimum absolute atomic E-state index is 0.356. The van der Waals surface area contributed by atoms with Crippen molar-refractivity contribution in [1.82, 2.24) is 5.06 Å². The first-order valence-electron chi connectivity index (χ1n) is 4.10. The molecule has 0 saturated heterocycles. The molecule has 0 rings (SSSR count). The number of hydroxylamine groups is 2. The molecule has 0 aromatic rings. The average molecular weight is 161 g/mol. The van der Waals surface area contributed by atoms with Gasteiger partial charge in [-0.05, 0) is 13.8 Å². The second-order valence-electron chi connectivity index (χ2n) is 3.20. The van der Waals surface area contributed by atoms with Gasteiger partial charge in [0.2, 0.25) is 0 Å². The minimum atomic E-state index is -0.734. The van der Waals surface area contributed by atoms with Gasteiger partial charge in [-0.25, -0.2) is 0 Å². The first-order chi connectivity index (χ1) is 4.99. The summed E-state index contributed by atoms with van der Waals surface area (Å²) in [5.41, 5.74) is -0.734. The summed E-state index contributed by atoms with van der Waals surface area (Å²) >= 11 is 0. The SMILES string of the molecule is CCN(CC)OCC(C)(C)O. The van der Waals surface area contributed by atoms with Crippen LogP contribution in [0.2, 0.25) is 0 Å². The van der Waals surface area contributed by atoms with E-state index < -0.39 is 5.60 Å². The maximum atomic E-state index is 9.31. The Balaban J connectivity index is 3.51. The lowest BCUT2D eigenvalue weighted by atomic mass is 10.2. The van der Waals surface area contributed by atoms with Crippen LogP contribution in [0.25, 0.3) is 0 Å². The molecule has 0 aliphatic heterocycles. The van der Waals surface area contributed by atoms with Gasteiger partial charge in [0.05, 0.1) is 12.2 Å². The molecule has 0 spiro atoms. The van der Waals surface area contributed by atoms with Crippen LogP contribution in [0.3, 0.4) is 0 Å². The second kappa shape index (κ2) is 4.70. The second-order valence-corrected chi connectivity index (χ2v) is 3.20. The highest BCUT2D eigenvalue weighted by atomic mass is 16.7. The molecule has 0 heterocycles. The Hall–Kier alpha value is -0.120. The molecule has 3 nitrogen and oxygen atoms in total. The monoisotopic (exact) mass is 161 g/mol. The lowest BCUT2D eigenvalue weighted by Gasteiger charge is -2.23. The van der Waals surface area contributed by atoms with Crippen LogP contribution in [0.4, 0.5) is 0 Å². The summed E-state index contributed by atoms with van der Waals surface area (Å²) in [5.74, 6) is 0. The van der Waals surface area contributed by atoms with Crippen molar-refractivity contribution in [3.63, 3.8) is 0 Å². The Kier molecular flexibility index (Phi) is 4.65. The third-order valence-electron chi connectivity index (χ3n) is 1.31. The molecule has 0 aliphatic rings. The zero-order valence-electron chi connectivity index (χ0n) is 7.92. The molecule has 0 atom stereocenters. The highest BCUT2D eigenvalue weighted by molar-refractivity contribution is 4.61. The van der Waals surface area contributed by atoms with E-state index in [-0.39, 0.29) is 0 Å². The maximum absolute atomic E-state index is 9.31. The summed E-state index contributed by atoms with van der Waals surface area (Å²) in [5, 5.41) is 11.1. The van der Waals surface area contributed by atoms with Crippen LogP contribution in [0.15, 0.2) is 0 Å². The third-order valence-corrected chi connectivity index (χ3v) is 1.31. The zero-order valence-corrected chi connectivity index (χ0v) is 7.92. The van der Waals surface area contributed by atoms with E-state index in [2.05, 4.69) is 0 Å². The minimum Gasteiger partial charge on any atom is -0.388 e. The van der Waals surface area contributed by atoms with Crippen molar-refractivity contribution in [2.24, 2.45) is 0 Å². The lowest BCUT2D eigenvalue weighted by Crippen LogP contribution is -2.33. The number of rotatable bonds is 5. The molecule has 0 radical (unpaired) electrons. The van der Waals surface area contributed by atoms with Gasteiger partial charge in [0.15, 0.2) is 0 Å². The van der Waals surface area contributed by atoms with Gasteiger partial charge >= 0.3 is 0 Å². The summed E-state index contributed by atoms with van der Waals surface area (Å²) in [7, 11) is 0. The highest BCUT2D eigenvalue weighted by Crippen LogP contribution is 2.02. The molecular weight excluding hydrogens is 142 g/mol. The van der Waals surface area contributed by atoms with Gasteiger partial charge in [-0.3, -0.25) is 4.84 Å². The van der Waals surface area contributed by atoms with E-state index in [1.54, 1.807) is 13.8 Å². The van der Waals surface area contributed by atoms with Crippen molar-refractivity contribution in [1.29, 1.82) is 0 Å². The van der Waals surface area contributed by atoms with E-state index >= 15 is 0 Å². The van der Waals surface area contributed by atoms with Crippen molar-refractivity contribution >= 4 is 0 Å². The maximum Gasteiger partial charge on any atom is 0.0967 e. The fourth-order valence-corrected chi connectivity index (χ4v) is 0.655. The Labute approximate surface area is 68.9 Å². The molecule has 68 valence electrons. The average Bonchev–Trinajstić information content (AvgIpc) is 1.88. The number of hydrogen-bond acceptors (Lipinski definition) is 3. The van der Waals surface area contributed by atoms with Crippen molar-refractivity contribution in [2.45, 2.75) is 33.3 Å². The fourth-order valence-electron chi connectivity index (χ4n) is 0.655. The van der Waals surface area contributed by atoms with Gasteiger partial charge in [-0.1, -0.05) is 13.8 Å². The van der Waals surface area contributed by atoms with Gasteiger partial charge in [-0.2, -0.15) is 5.06 Å². The van der Waals surface area contributed by atoms with Crippen LogP contribution in [0.1, 0.15) is 27.7 Å². The summed E-state index contributed by atoms with van der Waals surface area (Å²) in [6, 6.07) is 0. The molecule has 11 heavy (non-hydrogen) atoms. The molecule has 0 aromatic carbocycles. The molecule has 0 fully saturated rings. The molecule has 0 saturated carbocycles. The lowest BCUT2D eigenvalue weighted by molar-refractivity contribution is -0.189. The van der Waals surface area contributed by atoms with E-state index in [0.29, 0.717) is 6.61 Å². The van der Waals surface area contributed by atoms with Gasteiger partial charge in [0.1, 0.15) is 0 Å². The predicted octanol–water partition coefficient (Wildman–Crippen LogP) is 1.03. The third kappa shape index (κ3) is 6.28. The largest absolute Gasteiger partial charge is 0.388 e. The Morgan fingerprint density at radius 3 is 2.00 bits per heavy atom. The Morgan fingerprint density at radius 2 is 1.73 bits per heavy atom. The smallest absolute Gasteiger partial charge is 0.0967 e. The normalized spacial score (nSPS) is 12.5. The van der Waals surface area contributed by atoms with E-state index in [4.69, 9.17) is 4.84 Å². The van der Waals surface area contributed by atoms with Gasteiger partial charge in [0, 0.05) is 13.1 Å². The first-order valence-corrected chi connectivity index (χ1v) is 4.10. The summed E-state index contributed by atoms with van der Waals surface area (Å²) in [4.78, 5) is 5.29. The molecule has 3 heteroatoms. The topological polar surface area (TPSA) is 32.7 Å². The number of nitrogens with zero attached hydrogens (tertiary/aromatic N) is 1. The number of hydrogen-bond donors (Lipinski definition) is 1. The first kappa shape index (κ1) is 10.9. The fraction of sp³-hybridized carbons (Fsp3) is 1.00. The number of aliphatic hydroxyl groups is 1. The Bertz CT molecular complexity index is 94.8. The van der Waals surface area contributed by atoms with Crippen LogP contribution in [0.5, 0.6) is 0 Å².